The fourth-order valence-electron chi connectivity index (χ4n) is 2.76. The van der Waals surface area contributed by atoms with Crippen LogP contribution in [0.4, 0.5) is 21.5 Å². The topological polar surface area (TPSA) is 96.7 Å². The third kappa shape index (κ3) is 4.78. The summed E-state index contributed by atoms with van der Waals surface area (Å²) in [5, 5.41) is 16.7. The van der Waals surface area contributed by atoms with Crippen molar-refractivity contribution in [2.75, 3.05) is 36.5 Å². The number of hydrogen-bond donors (Lipinski definition) is 2. The zero-order valence-corrected chi connectivity index (χ0v) is 15.5. The summed E-state index contributed by atoms with van der Waals surface area (Å²) in [7, 11) is 0. The lowest BCUT2D eigenvalue weighted by molar-refractivity contribution is -0.384. The lowest BCUT2D eigenvalue weighted by Crippen LogP contribution is -2.36. The van der Waals surface area contributed by atoms with Crippen LogP contribution >= 0.6 is 12.2 Å². The van der Waals surface area contributed by atoms with Crippen LogP contribution in [-0.2, 0) is 4.74 Å². The highest BCUT2D eigenvalue weighted by molar-refractivity contribution is 7.80. The van der Waals surface area contributed by atoms with Gasteiger partial charge in [-0.05, 0) is 48.6 Å². The van der Waals surface area contributed by atoms with Crippen LogP contribution in [-0.4, -0.2) is 42.2 Å². The first-order valence-corrected chi connectivity index (χ1v) is 8.84. The van der Waals surface area contributed by atoms with E-state index in [1.807, 2.05) is 4.90 Å². The Morgan fingerprint density at radius 2 is 1.86 bits per heavy atom. The summed E-state index contributed by atoms with van der Waals surface area (Å²) < 4.78 is 18.2. The highest BCUT2D eigenvalue weighted by Crippen LogP contribution is 2.31. The van der Waals surface area contributed by atoms with Crippen molar-refractivity contribution in [2.45, 2.75) is 0 Å². The minimum absolute atomic E-state index is 0.0252. The molecular weight excluding hydrogens is 387 g/mol. The van der Waals surface area contributed by atoms with Gasteiger partial charge in [0.05, 0.1) is 18.1 Å². The monoisotopic (exact) mass is 404 g/mol. The van der Waals surface area contributed by atoms with E-state index in [4.69, 9.17) is 17.0 Å². The molecular formula is C18H17FN4O4S. The molecule has 2 N–H and O–H groups in total. The van der Waals surface area contributed by atoms with Crippen LogP contribution in [0.15, 0.2) is 42.5 Å². The van der Waals surface area contributed by atoms with E-state index < -0.39 is 16.6 Å². The number of nitro benzene ring substituents is 1. The number of amides is 1. The highest BCUT2D eigenvalue weighted by atomic mass is 32.1. The Kier molecular flexibility index (Phi) is 6.12. The van der Waals surface area contributed by atoms with Crippen molar-refractivity contribution in [3.8, 4) is 0 Å². The molecule has 1 saturated heterocycles. The Morgan fingerprint density at radius 3 is 2.50 bits per heavy atom. The van der Waals surface area contributed by atoms with Crippen LogP contribution in [0.3, 0.4) is 0 Å². The molecule has 1 aliphatic heterocycles. The summed E-state index contributed by atoms with van der Waals surface area (Å²) in [6, 6.07) is 9.63. The van der Waals surface area contributed by atoms with Gasteiger partial charge in [0.1, 0.15) is 11.5 Å². The highest BCUT2D eigenvalue weighted by Gasteiger charge is 2.22. The second-order valence-electron chi connectivity index (χ2n) is 5.98. The van der Waals surface area contributed by atoms with Gasteiger partial charge >= 0.3 is 0 Å². The van der Waals surface area contributed by atoms with E-state index in [1.54, 1.807) is 12.1 Å². The molecule has 10 heteroatoms. The molecule has 1 heterocycles. The van der Waals surface area contributed by atoms with Gasteiger partial charge in [0.25, 0.3) is 11.6 Å². The van der Waals surface area contributed by atoms with Crippen LogP contribution in [0.5, 0.6) is 0 Å². The normalized spacial score (nSPS) is 13.7. The molecule has 1 fully saturated rings. The first kappa shape index (κ1) is 19.6. The van der Waals surface area contributed by atoms with Gasteiger partial charge in [-0.25, -0.2) is 4.39 Å². The van der Waals surface area contributed by atoms with Crippen molar-refractivity contribution in [1.29, 1.82) is 0 Å². The minimum atomic E-state index is -0.517. The van der Waals surface area contributed by atoms with Crippen LogP contribution in [0.2, 0.25) is 0 Å². The van der Waals surface area contributed by atoms with Crippen molar-refractivity contribution in [3.63, 3.8) is 0 Å². The number of thiocarbonyl (C=S) groups is 1. The van der Waals surface area contributed by atoms with Crippen LogP contribution < -0.4 is 15.5 Å². The molecule has 0 aliphatic carbocycles. The number of nitrogens with one attached hydrogen (secondary N) is 2. The Bertz CT molecular complexity index is 901. The van der Waals surface area contributed by atoms with Gasteiger partial charge in [0.15, 0.2) is 5.11 Å². The maximum Gasteiger partial charge on any atom is 0.294 e. The predicted molar refractivity (Wildman–Crippen MR) is 106 cm³/mol. The zero-order valence-electron chi connectivity index (χ0n) is 14.7. The SMILES string of the molecule is O=C(NC(=S)Nc1ccc(N2CCOCC2)c([N+](=O)[O-])c1)c1ccc(F)cc1. The molecule has 0 bridgehead atoms. The Morgan fingerprint density at radius 1 is 1.18 bits per heavy atom. The largest absolute Gasteiger partial charge is 0.378 e. The molecule has 0 radical (unpaired) electrons. The minimum Gasteiger partial charge on any atom is -0.378 e. The van der Waals surface area contributed by atoms with E-state index in [-0.39, 0.29) is 16.4 Å². The fraction of sp³-hybridized carbons (Fsp3) is 0.222. The van der Waals surface area contributed by atoms with Crippen molar-refractivity contribution >= 4 is 40.3 Å². The molecule has 3 rings (SSSR count). The molecule has 28 heavy (non-hydrogen) atoms. The third-order valence-corrected chi connectivity index (χ3v) is 4.32. The summed E-state index contributed by atoms with van der Waals surface area (Å²) in [6.45, 7) is 2.16. The van der Waals surface area contributed by atoms with Gasteiger partial charge in [-0.15, -0.1) is 0 Å². The number of benzene rings is 2. The van der Waals surface area contributed by atoms with Crippen molar-refractivity contribution in [2.24, 2.45) is 0 Å². The molecule has 0 spiro atoms. The quantitative estimate of drug-likeness (QED) is 0.459. The number of nitrogens with zero attached hydrogens (tertiary/aromatic N) is 2. The Labute approximate surface area is 165 Å². The second kappa shape index (κ2) is 8.72. The summed E-state index contributed by atoms with van der Waals surface area (Å²) in [4.78, 5) is 25.0. The van der Waals surface area contributed by atoms with Crippen molar-refractivity contribution in [1.82, 2.24) is 5.32 Å². The summed E-state index contributed by atoms with van der Waals surface area (Å²) in [6.07, 6.45) is 0. The van der Waals surface area contributed by atoms with E-state index in [2.05, 4.69) is 10.6 Å². The van der Waals surface area contributed by atoms with Crippen LogP contribution in [0, 0.1) is 15.9 Å². The fourth-order valence-corrected chi connectivity index (χ4v) is 2.97. The number of carbonyl (C=O) groups excluding carboxylic acids is 1. The number of rotatable bonds is 4. The first-order valence-electron chi connectivity index (χ1n) is 8.43. The Hall–Kier alpha value is -3.11. The first-order chi connectivity index (χ1) is 13.4. The number of carbonyl (C=O) groups is 1. The van der Waals surface area contributed by atoms with Crippen LogP contribution in [0.1, 0.15) is 10.4 Å². The predicted octanol–water partition coefficient (Wildman–Crippen LogP) is 2.70. The molecule has 0 atom stereocenters. The number of hydrogen-bond acceptors (Lipinski definition) is 6. The molecule has 1 aliphatic rings. The third-order valence-electron chi connectivity index (χ3n) is 4.12. The molecule has 146 valence electrons. The number of anilines is 2. The van der Waals surface area contributed by atoms with Crippen molar-refractivity contribution < 1.29 is 18.8 Å². The summed E-state index contributed by atoms with van der Waals surface area (Å²) in [5.41, 5.74) is 1.03. The number of nitro groups is 1. The van der Waals surface area contributed by atoms with Gasteiger partial charge in [-0.2, -0.15) is 0 Å². The van der Waals surface area contributed by atoms with Gasteiger partial charge in [-0.3, -0.25) is 20.2 Å². The maximum atomic E-state index is 12.9. The van der Waals surface area contributed by atoms with Gasteiger partial charge in [0.2, 0.25) is 0 Å². The molecule has 1 amide bonds. The zero-order chi connectivity index (χ0) is 20.1. The number of ether oxygens (including phenoxy) is 1. The molecule has 8 nitrogen and oxygen atoms in total. The van der Waals surface area contributed by atoms with E-state index in [0.29, 0.717) is 37.7 Å². The Balaban J connectivity index is 1.70. The number of halogens is 1. The van der Waals surface area contributed by atoms with E-state index in [0.717, 1.165) is 0 Å². The smallest absolute Gasteiger partial charge is 0.294 e. The standard InChI is InChI=1S/C18H17FN4O4S/c19-13-3-1-12(2-4-13)17(24)21-18(28)20-14-5-6-15(16(11-14)23(25)26)22-7-9-27-10-8-22/h1-6,11H,7-10H2,(H2,20,21,24,28). The molecule has 0 aromatic heterocycles. The molecule has 2 aromatic rings. The van der Waals surface area contributed by atoms with Gasteiger partial charge in [0, 0.05) is 30.4 Å². The van der Waals surface area contributed by atoms with E-state index in [1.165, 1.54) is 30.3 Å². The molecule has 2 aromatic carbocycles. The van der Waals surface area contributed by atoms with E-state index >= 15 is 0 Å². The van der Waals surface area contributed by atoms with Gasteiger partial charge < -0.3 is 15.0 Å². The summed E-state index contributed by atoms with van der Waals surface area (Å²) >= 11 is 5.09. The number of morpholine rings is 1. The molecule has 0 saturated carbocycles. The van der Waals surface area contributed by atoms with Crippen molar-refractivity contribution in [3.05, 3.63) is 64.0 Å². The average molecular weight is 404 g/mol. The lowest BCUT2D eigenvalue weighted by Gasteiger charge is -2.28. The maximum absolute atomic E-state index is 12.9. The lowest BCUT2D eigenvalue weighted by atomic mass is 10.2. The summed E-state index contributed by atoms with van der Waals surface area (Å²) in [5.74, 6) is -0.971. The van der Waals surface area contributed by atoms with Crippen LogP contribution in [0.25, 0.3) is 0 Å². The average Bonchev–Trinajstić information content (AvgIpc) is 2.69. The second-order valence-corrected chi connectivity index (χ2v) is 6.38. The van der Waals surface area contributed by atoms with E-state index in [9.17, 15) is 19.3 Å². The van der Waals surface area contributed by atoms with Gasteiger partial charge in [-0.1, -0.05) is 0 Å². The molecule has 0 unspecified atom stereocenters.